The summed E-state index contributed by atoms with van der Waals surface area (Å²) in [5.41, 5.74) is 2.98. The van der Waals surface area contributed by atoms with Gasteiger partial charge >= 0.3 is 0 Å². The summed E-state index contributed by atoms with van der Waals surface area (Å²) in [7, 11) is 1.82. The molecule has 0 radical (unpaired) electrons. The molecule has 1 aliphatic rings. The van der Waals surface area contributed by atoms with Crippen molar-refractivity contribution in [1.29, 1.82) is 0 Å². The number of rotatable bonds is 5. The molecule has 0 N–H and O–H groups in total. The third kappa shape index (κ3) is 4.06. The lowest BCUT2D eigenvalue weighted by Gasteiger charge is -2.29. The molecule has 0 aliphatic carbocycles. The van der Waals surface area contributed by atoms with E-state index in [0.717, 1.165) is 24.5 Å². The average Bonchev–Trinajstić information content (AvgIpc) is 3.29. The highest BCUT2D eigenvalue weighted by atomic mass is 16.2. The molecule has 0 bridgehead atoms. The third-order valence-electron chi connectivity index (χ3n) is 5.19. The number of imidazole rings is 1. The lowest BCUT2D eigenvalue weighted by molar-refractivity contribution is 0.0784. The number of hydrogen-bond donors (Lipinski definition) is 0. The van der Waals surface area contributed by atoms with Crippen molar-refractivity contribution in [2.24, 2.45) is 0 Å². The van der Waals surface area contributed by atoms with Gasteiger partial charge in [0.2, 0.25) is 0 Å². The molecule has 3 heterocycles. The summed E-state index contributed by atoms with van der Waals surface area (Å²) < 4.78 is 1.81. The minimum Gasteiger partial charge on any atom is -0.372 e. The Bertz CT molecular complexity index is 897. The summed E-state index contributed by atoms with van der Waals surface area (Å²) in [5, 5.41) is 0. The molecule has 28 heavy (non-hydrogen) atoms. The first kappa shape index (κ1) is 18.2. The molecule has 1 fully saturated rings. The fraction of sp³-hybridized carbons (Fsp3) is 0.318. The Morgan fingerprint density at radius 3 is 2.50 bits per heavy atom. The number of anilines is 1. The number of nitrogens with zero attached hydrogens (tertiary/aromatic N) is 5. The lowest BCUT2D eigenvalue weighted by Crippen LogP contribution is -2.29. The van der Waals surface area contributed by atoms with Gasteiger partial charge in [0.15, 0.2) is 0 Å². The van der Waals surface area contributed by atoms with E-state index in [2.05, 4.69) is 39.1 Å². The zero-order valence-corrected chi connectivity index (χ0v) is 16.2. The minimum absolute atomic E-state index is 0.0372. The van der Waals surface area contributed by atoms with Gasteiger partial charge in [-0.2, -0.15) is 0 Å². The molecule has 0 spiro atoms. The van der Waals surface area contributed by atoms with Crippen molar-refractivity contribution in [3.8, 4) is 5.82 Å². The molecule has 144 valence electrons. The normalized spacial score (nSPS) is 14.1. The summed E-state index contributed by atoms with van der Waals surface area (Å²) in [5.74, 6) is 0.704. The van der Waals surface area contributed by atoms with Gasteiger partial charge in [-0.15, -0.1) is 0 Å². The SMILES string of the molecule is CN(Cc1ccc(N2CCCCC2)cc1)C(=O)c1ccc(-n2ccnc2)nc1. The van der Waals surface area contributed by atoms with Gasteiger partial charge in [-0.1, -0.05) is 12.1 Å². The maximum Gasteiger partial charge on any atom is 0.255 e. The number of hydrogen-bond acceptors (Lipinski definition) is 4. The fourth-order valence-corrected chi connectivity index (χ4v) is 3.59. The Morgan fingerprint density at radius 1 is 1.07 bits per heavy atom. The standard InChI is InChI=1S/C22H25N5O/c1-25(16-18-5-8-20(9-6-18)26-12-3-2-4-13-26)22(28)19-7-10-21(24-15-19)27-14-11-23-17-27/h5-11,14-15,17H,2-4,12-13,16H2,1H3. The monoisotopic (exact) mass is 375 g/mol. The van der Waals surface area contributed by atoms with Crippen molar-refractivity contribution in [2.75, 3.05) is 25.0 Å². The highest BCUT2D eigenvalue weighted by Gasteiger charge is 2.14. The highest BCUT2D eigenvalue weighted by Crippen LogP contribution is 2.21. The largest absolute Gasteiger partial charge is 0.372 e. The molecule has 1 amide bonds. The predicted octanol–water partition coefficient (Wildman–Crippen LogP) is 3.53. The van der Waals surface area contributed by atoms with Gasteiger partial charge in [0.1, 0.15) is 12.1 Å². The van der Waals surface area contributed by atoms with Crippen LogP contribution in [0.5, 0.6) is 0 Å². The molecule has 1 aromatic carbocycles. The van der Waals surface area contributed by atoms with E-state index in [1.54, 1.807) is 29.7 Å². The Kier molecular flexibility index (Phi) is 5.37. The van der Waals surface area contributed by atoms with Crippen LogP contribution >= 0.6 is 0 Å². The van der Waals surface area contributed by atoms with Gasteiger partial charge in [0.25, 0.3) is 5.91 Å². The first-order valence-electron chi connectivity index (χ1n) is 9.74. The maximum atomic E-state index is 12.7. The molecular formula is C22H25N5O. The number of piperidine rings is 1. The topological polar surface area (TPSA) is 54.3 Å². The van der Waals surface area contributed by atoms with Crippen LogP contribution in [0.2, 0.25) is 0 Å². The Morgan fingerprint density at radius 2 is 1.86 bits per heavy atom. The third-order valence-corrected chi connectivity index (χ3v) is 5.19. The fourth-order valence-electron chi connectivity index (χ4n) is 3.59. The number of carbonyl (C=O) groups is 1. The van der Waals surface area contributed by atoms with E-state index in [1.807, 2.05) is 23.9 Å². The number of amides is 1. The molecule has 6 nitrogen and oxygen atoms in total. The quantitative estimate of drug-likeness (QED) is 0.685. The summed E-state index contributed by atoms with van der Waals surface area (Å²) >= 11 is 0. The van der Waals surface area contributed by atoms with Crippen LogP contribution in [0, 0.1) is 0 Å². The first-order chi connectivity index (χ1) is 13.7. The van der Waals surface area contributed by atoms with Gasteiger partial charge in [0.05, 0.1) is 5.56 Å². The van der Waals surface area contributed by atoms with Crippen molar-refractivity contribution < 1.29 is 4.79 Å². The molecule has 0 unspecified atom stereocenters. The Hall–Kier alpha value is -3.15. The average molecular weight is 375 g/mol. The Labute approximate surface area is 165 Å². The molecule has 6 heteroatoms. The lowest BCUT2D eigenvalue weighted by atomic mass is 10.1. The molecule has 3 aromatic rings. The van der Waals surface area contributed by atoms with Crippen LogP contribution in [-0.2, 0) is 6.54 Å². The highest BCUT2D eigenvalue weighted by molar-refractivity contribution is 5.93. The van der Waals surface area contributed by atoms with Crippen LogP contribution in [-0.4, -0.2) is 45.5 Å². The van der Waals surface area contributed by atoms with Gasteiger partial charge < -0.3 is 9.80 Å². The summed E-state index contributed by atoms with van der Waals surface area (Å²) in [6.45, 7) is 2.85. The zero-order valence-electron chi connectivity index (χ0n) is 16.2. The number of benzene rings is 1. The predicted molar refractivity (Wildman–Crippen MR) is 110 cm³/mol. The molecule has 2 aromatic heterocycles. The number of aromatic nitrogens is 3. The molecular weight excluding hydrogens is 350 g/mol. The van der Waals surface area contributed by atoms with Crippen molar-refractivity contribution in [3.05, 3.63) is 72.4 Å². The molecule has 1 saturated heterocycles. The van der Waals surface area contributed by atoms with Crippen LogP contribution in [0.1, 0.15) is 35.2 Å². The van der Waals surface area contributed by atoms with Gasteiger partial charge in [-0.25, -0.2) is 9.97 Å². The van der Waals surface area contributed by atoms with Gasteiger partial charge in [0, 0.05) is 51.0 Å². The van der Waals surface area contributed by atoms with E-state index < -0.39 is 0 Å². The second-order valence-corrected chi connectivity index (χ2v) is 7.25. The van der Waals surface area contributed by atoms with Crippen molar-refractivity contribution >= 4 is 11.6 Å². The smallest absolute Gasteiger partial charge is 0.255 e. The van der Waals surface area contributed by atoms with E-state index in [-0.39, 0.29) is 5.91 Å². The summed E-state index contributed by atoms with van der Waals surface area (Å²) in [6.07, 6.45) is 10.7. The number of carbonyl (C=O) groups excluding carboxylic acids is 1. The summed E-state index contributed by atoms with van der Waals surface area (Å²) in [4.78, 5) is 25.3. The van der Waals surface area contributed by atoms with E-state index in [9.17, 15) is 4.79 Å². The summed E-state index contributed by atoms with van der Waals surface area (Å²) in [6, 6.07) is 12.2. The molecule has 0 saturated carbocycles. The van der Waals surface area contributed by atoms with E-state index >= 15 is 0 Å². The first-order valence-corrected chi connectivity index (χ1v) is 9.74. The second-order valence-electron chi connectivity index (χ2n) is 7.25. The van der Waals surface area contributed by atoms with Crippen molar-refractivity contribution in [2.45, 2.75) is 25.8 Å². The Balaban J connectivity index is 1.38. The minimum atomic E-state index is -0.0372. The molecule has 1 aliphatic heterocycles. The maximum absolute atomic E-state index is 12.7. The van der Waals surface area contributed by atoms with Gasteiger partial charge in [-0.3, -0.25) is 9.36 Å². The molecule has 0 atom stereocenters. The van der Waals surface area contributed by atoms with E-state index in [0.29, 0.717) is 12.1 Å². The van der Waals surface area contributed by atoms with Crippen molar-refractivity contribution in [1.82, 2.24) is 19.4 Å². The van der Waals surface area contributed by atoms with Crippen LogP contribution in [0.3, 0.4) is 0 Å². The zero-order chi connectivity index (χ0) is 19.3. The van der Waals surface area contributed by atoms with E-state index in [1.165, 1.54) is 24.9 Å². The van der Waals surface area contributed by atoms with Crippen LogP contribution in [0.15, 0.2) is 61.3 Å². The number of pyridine rings is 1. The van der Waals surface area contributed by atoms with Crippen molar-refractivity contribution in [3.63, 3.8) is 0 Å². The molecule has 4 rings (SSSR count). The van der Waals surface area contributed by atoms with Crippen LogP contribution in [0.25, 0.3) is 5.82 Å². The second kappa shape index (κ2) is 8.25. The van der Waals surface area contributed by atoms with Gasteiger partial charge in [-0.05, 0) is 49.1 Å². The van der Waals surface area contributed by atoms with Crippen LogP contribution in [0.4, 0.5) is 5.69 Å². The van der Waals surface area contributed by atoms with E-state index in [4.69, 9.17) is 0 Å². The van der Waals surface area contributed by atoms with Crippen LogP contribution < -0.4 is 4.90 Å².